The van der Waals surface area contributed by atoms with Crippen molar-refractivity contribution in [1.82, 2.24) is 15.1 Å². The Morgan fingerprint density at radius 3 is 2.42 bits per heavy atom. The van der Waals surface area contributed by atoms with Gasteiger partial charge >= 0.3 is 0 Å². The van der Waals surface area contributed by atoms with Crippen LogP contribution in [0.25, 0.3) is 0 Å². The van der Waals surface area contributed by atoms with Crippen molar-refractivity contribution in [2.45, 2.75) is 6.17 Å². The molecule has 4 aromatic rings. The number of nitrogens with zero attached hydrogens (tertiary/aromatic N) is 3. The number of nitrogens with one attached hydrogen (secondary N) is 3. The molecular formula is C27H20BrClN6O3. The quantitative estimate of drug-likeness (QED) is 0.314. The zero-order valence-corrected chi connectivity index (χ0v) is 22.2. The van der Waals surface area contributed by atoms with Gasteiger partial charge in [-0.15, -0.1) is 0 Å². The summed E-state index contributed by atoms with van der Waals surface area (Å²) in [5.41, 5.74) is 2.89. The number of benzodiazepines with no additional fused rings is 1. The van der Waals surface area contributed by atoms with Crippen molar-refractivity contribution in [2.24, 2.45) is 12.0 Å². The van der Waals surface area contributed by atoms with Crippen LogP contribution >= 0.6 is 27.5 Å². The van der Waals surface area contributed by atoms with Crippen LogP contribution in [0.1, 0.15) is 32.0 Å². The lowest BCUT2D eigenvalue weighted by Gasteiger charge is -2.12. The van der Waals surface area contributed by atoms with Crippen molar-refractivity contribution < 1.29 is 14.4 Å². The lowest BCUT2D eigenvalue weighted by molar-refractivity contribution is -0.117. The average molecular weight is 592 g/mol. The number of hydrogen-bond acceptors (Lipinski definition) is 5. The Bertz CT molecular complexity index is 1600. The molecule has 190 valence electrons. The van der Waals surface area contributed by atoms with Gasteiger partial charge in [-0.25, -0.2) is 4.99 Å². The normalized spacial score (nSPS) is 14.6. The fraction of sp³-hybridized carbons (Fsp3) is 0.0741. The number of carbonyl (C=O) groups excluding carboxylic acids is 3. The summed E-state index contributed by atoms with van der Waals surface area (Å²) in [6, 6.07) is 23.3. The molecule has 3 amide bonds. The highest BCUT2D eigenvalue weighted by Crippen LogP contribution is 2.28. The third-order valence-electron chi connectivity index (χ3n) is 5.82. The van der Waals surface area contributed by atoms with Gasteiger partial charge in [0, 0.05) is 18.2 Å². The van der Waals surface area contributed by atoms with Crippen LogP contribution in [0.4, 0.5) is 11.5 Å². The second-order valence-corrected chi connectivity index (χ2v) is 9.52. The minimum Gasteiger partial charge on any atom is -0.322 e. The predicted molar refractivity (Wildman–Crippen MR) is 149 cm³/mol. The van der Waals surface area contributed by atoms with E-state index in [1.165, 1.54) is 4.68 Å². The minimum atomic E-state index is -1.24. The molecule has 0 spiro atoms. The summed E-state index contributed by atoms with van der Waals surface area (Å²) >= 11 is 9.50. The highest BCUT2D eigenvalue weighted by molar-refractivity contribution is 9.10. The molecular weight excluding hydrogens is 572 g/mol. The van der Waals surface area contributed by atoms with E-state index < -0.39 is 23.9 Å². The molecule has 0 aliphatic carbocycles. The summed E-state index contributed by atoms with van der Waals surface area (Å²) in [5, 5.41) is 12.7. The van der Waals surface area contributed by atoms with Crippen LogP contribution < -0.4 is 16.0 Å². The molecule has 1 atom stereocenters. The third kappa shape index (κ3) is 4.96. The van der Waals surface area contributed by atoms with Gasteiger partial charge in [0.2, 0.25) is 6.17 Å². The molecule has 1 aromatic heterocycles. The van der Waals surface area contributed by atoms with Gasteiger partial charge in [-0.3, -0.25) is 19.1 Å². The van der Waals surface area contributed by atoms with Gasteiger partial charge in [0.1, 0.15) is 5.82 Å². The van der Waals surface area contributed by atoms with Crippen LogP contribution in [0.2, 0.25) is 5.02 Å². The SMILES string of the molecule is Cn1nc(C(=O)NC2N=C(c3ccccc3)c3ccccc3NC2=O)c(Br)c1NC(=O)c1ccccc1Cl. The molecule has 11 heteroatoms. The molecule has 9 nitrogen and oxygen atoms in total. The maximum absolute atomic E-state index is 13.3. The number of amides is 3. The molecule has 0 saturated carbocycles. The van der Waals surface area contributed by atoms with E-state index in [-0.39, 0.29) is 26.6 Å². The highest BCUT2D eigenvalue weighted by Gasteiger charge is 2.30. The molecule has 3 N–H and O–H groups in total. The summed E-state index contributed by atoms with van der Waals surface area (Å²) < 4.78 is 1.58. The molecule has 5 rings (SSSR count). The van der Waals surface area contributed by atoms with E-state index in [1.54, 1.807) is 37.4 Å². The summed E-state index contributed by atoms with van der Waals surface area (Å²) in [5.74, 6) is -1.39. The fourth-order valence-electron chi connectivity index (χ4n) is 3.97. The van der Waals surface area contributed by atoms with E-state index in [1.807, 2.05) is 48.5 Å². The number of fused-ring (bicyclic) bond motifs is 1. The van der Waals surface area contributed by atoms with Gasteiger partial charge in [-0.2, -0.15) is 5.10 Å². The second-order valence-electron chi connectivity index (χ2n) is 8.32. The Kier molecular flexibility index (Phi) is 7.08. The Morgan fingerprint density at radius 1 is 0.974 bits per heavy atom. The van der Waals surface area contributed by atoms with E-state index in [0.29, 0.717) is 11.4 Å². The number of aryl methyl sites for hydroxylation is 1. The Hall–Kier alpha value is -4.28. The number of benzene rings is 3. The molecule has 2 heterocycles. The maximum atomic E-state index is 13.3. The van der Waals surface area contributed by atoms with Gasteiger partial charge in [0.05, 0.1) is 26.5 Å². The van der Waals surface area contributed by atoms with Crippen molar-refractivity contribution >= 4 is 62.5 Å². The molecule has 1 aliphatic heterocycles. The first-order valence-corrected chi connectivity index (χ1v) is 12.6. The van der Waals surface area contributed by atoms with Gasteiger partial charge in [-0.05, 0) is 34.1 Å². The van der Waals surface area contributed by atoms with Crippen molar-refractivity contribution in [3.63, 3.8) is 0 Å². The van der Waals surface area contributed by atoms with E-state index in [0.717, 1.165) is 11.1 Å². The first kappa shape index (κ1) is 25.4. The van der Waals surface area contributed by atoms with E-state index >= 15 is 0 Å². The lowest BCUT2D eigenvalue weighted by Crippen LogP contribution is -2.42. The standard InChI is InChI=1S/C27H20BrClN6O3/c1-35-24(33-25(36)16-11-5-7-13-18(16)29)20(28)22(34-35)26(37)32-23-27(38)30-19-14-8-6-12-17(19)21(31-23)15-9-3-2-4-10-15/h2-14,23H,1H3,(H,30,38)(H,32,37)(H,33,36). The smallest absolute Gasteiger partial charge is 0.275 e. The topological polar surface area (TPSA) is 117 Å². The fourth-order valence-corrected chi connectivity index (χ4v) is 4.81. The molecule has 1 aliphatic rings. The molecule has 1 unspecified atom stereocenters. The largest absolute Gasteiger partial charge is 0.322 e. The van der Waals surface area contributed by atoms with Gasteiger partial charge in [0.25, 0.3) is 17.7 Å². The summed E-state index contributed by atoms with van der Waals surface area (Å²) in [4.78, 5) is 43.8. The summed E-state index contributed by atoms with van der Waals surface area (Å²) in [7, 11) is 1.57. The number of anilines is 2. The zero-order valence-electron chi connectivity index (χ0n) is 19.9. The number of para-hydroxylation sites is 1. The molecule has 0 saturated heterocycles. The predicted octanol–water partition coefficient (Wildman–Crippen LogP) is 4.63. The Morgan fingerprint density at radius 2 is 1.66 bits per heavy atom. The zero-order chi connectivity index (χ0) is 26.8. The molecule has 3 aromatic carbocycles. The van der Waals surface area contributed by atoms with Gasteiger partial charge in [-0.1, -0.05) is 72.3 Å². The highest BCUT2D eigenvalue weighted by atomic mass is 79.9. The van der Waals surface area contributed by atoms with E-state index in [9.17, 15) is 14.4 Å². The van der Waals surface area contributed by atoms with Crippen LogP contribution in [-0.2, 0) is 11.8 Å². The van der Waals surface area contributed by atoms with Crippen LogP contribution in [0.5, 0.6) is 0 Å². The van der Waals surface area contributed by atoms with Gasteiger partial charge in [0.15, 0.2) is 5.69 Å². The van der Waals surface area contributed by atoms with Gasteiger partial charge < -0.3 is 16.0 Å². The second kappa shape index (κ2) is 10.6. The Balaban J connectivity index is 1.44. The maximum Gasteiger partial charge on any atom is 0.275 e. The Labute approximate surface area is 231 Å². The first-order chi connectivity index (χ1) is 18.3. The molecule has 0 bridgehead atoms. The van der Waals surface area contributed by atoms with Crippen molar-refractivity contribution in [3.05, 3.63) is 111 Å². The van der Waals surface area contributed by atoms with Crippen LogP contribution in [0.15, 0.2) is 88.3 Å². The minimum absolute atomic E-state index is 0.0343. The number of aromatic nitrogens is 2. The summed E-state index contributed by atoms with van der Waals surface area (Å²) in [6.07, 6.45) is -1.24. The molecule has 38 heavy (non-hydrogen) atoms. The number of hydrogen-bond donors (Lipinski definition) is 3. The number of aliphatic imine (C=N–C) groups is 1. The molecule has 0 radical (unpaired) electrons. The number of rotatable bonds is 5. The van der Waals surface area contributed by atoms with Crippen molar-refractivity contribution in [2.75, 3.05) is 10.6 Å². The third-order valence-corrected chi connectivity index (χ3v) is 6.90. The lowest BCUT2D eigenvalue weighted by atomic mass is 10.0. The van der Waals surface area contributed by atoms with E-state index in [4.69, 9.17) is 11.6 Å². The monoisotopic (exact) mass is 590 g/mol. The van der Waals surface area contributed by atoms with E-state index in [2.05, 4.69) is 42.0 Å². The van der Waals surface area contributed by atoms with Crippen LogP contribution in [0, 0.1) is 0 Å². The average Bonchev–Trinajstić information content (AvgIpc) is 3.11. The first-order valence-electron chi connectivity index (χ1n) is 11.5. The van der Waals surface area contributed by atoms with Crippen LogP contribution in [-0.4, -0.2) is 39.4 Å². The number of halogens is 2. The van der Waals surface area contributed by atoms with Crippen LogP contribution in [0.3, 0.4) is 0 Å². The van der Waals surface area contributed by atoms with Crippen molar-refractivity contribution in [1.29, 1.82) is 0 Å². The number of carbonyl (C=O) groups is 3. The summed E-state index contributed by atoms with van der Waals surface area (Å²) in [6.45, 7) is 0. The van der Waals surface area contributed by atoms with Crippen molar-refractivity contribution in [3.8, 4) is 0 Å². The molecule has 0 fully saturated rings.